The fourth-order valence-corrected chi connectivity index (χ4v) is 4.32. The first-order valence-corrected chi connectivity index (χ1v) is 11.1. The van der Waals surface area contributed by atoms with E-state index in [1.807, 2.05) is 35.0 Å². The molecule has 0 aliphatic carbocycles. The summed E-state index contributed by atoms with van der Waals surface area (Å²) in [5.41, 5.74) is 1.25. The number of methoxy groups -OCH3 is 2. The van der Waals surface area contributed by atoms with Gasteiger partial charge in [0.1, 0.15) is 23.4 Å². The smallest absolute Gasteiger partial charge is 0.173 e. The Labute approximate surface area is 193 Å². The summed E-state index contributed by atoms with van der Waals surface area (Å²) in [5.74, 6) is 2.00. The standard InChI is InChI=1S/C24H31FN6O2/c1-24(2,3)31-23(26-27-28-31)22(18-16-17(32-4)10-11-21(18)33-5)30-14-12-29(13-15-30)20-9-7-6-8-19(20)25/h6-11,16,22H,12-15H2,1-5H3/t22-/m0/s1. The first kappa shape index (κ1) is 23.0. The third-order valence-electron chi connectivity index (χ3n) is 5.98. The maximum atomic E-state index is 14.4. The lowest BCUT2D eigenvalue weighted by atomic mass is 10.00. The minimum Gasteiger partial charge on any atom is -0.497 e. The predicted molar refractivity (Wildman–Crippen MR) is 124 cm³/mol. The second kappa shape index (κ2) is 9.35. The highest BCUT2D eigenvalue weighted by Crippen LogP contribution is 2.38. The van der Waals surface area contributed by atoms with Crippen molar-refractivity contribution in [3.05, 3.63) is 59.7 Å². The molecule has 1 atom stereocenters. The average Bonchev–Trinajstić information content (AvgIpc) is 3.30. The lowest BCUT2D eigenvalue weighted by molar-refractivity contribution is 0.188. The molecule has 176 valence electrons. The molecule has 1 aliphatic heterocycles. The van der Waals surface area contributed by atoms with Crippen molar-refractivity contribution in [3.63, 3.8) is 0 Å². The van der Waals surface area contributed by atoms with Gasteiger partial charge < -0.3 is 14.4 Å². The van der Waals surface area contributed by atoms with Crippen molar-refractivity contribution in [3.8, 4) is 11.5 Å². The number of hydrogen-bond donors (Lipinski definition) is 0. The van der Waals surface area contributed by atoms with Crippen LogP contribution in [0.5, 0.6) is 11.5 Å². The van der Waals surface area contributed by atoms with Crippen molar-refractivity contribution in [1.29, 1.82) is 0 Å². The fraction of sp³-hybridized carbons (Fsp3) is 0.458. The highest BCUT2D eigenvalue weighted by molar-refractivity contribution is 5.48. The molecule has 4 rings (SSSR count). The van der Waals surface area contributed by atoms with Crippen LogP contribution in [-0.2, 0) is 5.54 Å². The largest absolute Gasteiger partial charge is 0.497 e. The number of halogens is 1. The van der Waals surface area contributed by atoms with E-state index in [-0.39, 0.29) is 17.4 Å². The highest BCUT2D eigenvalue weighted by Gasteiger charge is 2.35. The van der Waals surface area contributed by atoms with Gasteiger partial charge in [0.2, 0.25) is 0 Å². The Kier molecular flexibility index (Phi) is 6.51. The van der Waals surface area contributed by atoms with Crippen molar-refractivity contribution in [2.24, 2.45) is 0 Å². The first-order valence-electron chi connectivity index (χ1n) is 11.1. The lowest BCUT2D eigenvalue weighted by Gasteiger charge is -2.40. The summed E-state index contributed by atoms with van der Waals surface area (Å²) >= 11 is 0. The van der Waals surface area contributed by atoms with Crippen LogP contribution >= 0.6 is 0 Å². The van der Waals surface area contributed by atoms with Gasteiger partial charge in [-0.25, -0.2) is 9.07 Å². The Morgan fingerprint density at radius 1 is 0.970 bits per heavy atom. The minimum atomic E-state index is -0.307. The van der Waals surface area contributed by atoms with E-state index < -0.39 is 0 Å². The van der Waals surface area contributed by atoms with Gasteiger partial charge >= 0.3 is 0 Å². The van der Waals surface area contributed by atoms with Gasteiger partial charge in [-0.05, 0) is 61.5 Å². The molecule has 1 aliphatic rings. The van der Waals surface area contributed by atoms with E-state index in [0.717, 1.165) is 22.9 Å². The SMILES string of the molecule is COc1ccc(OC)c([C@@H](c2nnnn2C(C)(C)C)N2CCN(c3ccccc3F)CC2)c1. The van der Waals surface area contributed by atoms with Gasteiger partial charge in [0.15, 0.2) is 5.82 Å². The number of tetrazole rings is 1. The van der Waals surface area contributed by atoms with Crippen LogP contribution in [0.3, 0.4) is 0 Å². The number of aromatic nitrogens is 4. The van der Waals surface area contributed by atoms with Crippen LogP contribution in [0.1, 0.15) is 38.2 Å². The predicted octanol–water partition coefficient (Wildman–Crippen LogP) is 3.50. The van der Waals surface area contributed by atoms with Crippen molar-refractivity contribution >= 4 is 5.69 Å². The van der Waals surface area contributed by atoms with Crippen LogP contribution in [0.2, 0.25) is 0 Å². The van der Waals surface area contributed by atoms with Crippen LogP contribution in [0.15, 0.2) is 42.5 Å². The van der Waals surface area contributed by atoms with E-state index in [0.29, 0.717) is 31.9 Å². The zero-order valence-electron chi connectivity index (χ0n) is 19.8. The first-order chi connectivity index (χ1) is 15.8. The number of anilines is 1. The van der Waals surface area contributed by atoms with Gasteiger partial charge in [-0.15, -0.1) is 5.10 Å². The summed E-state index contributed by atoms with van der Waals surface area (Å²) in [6, 6.07) is 12.4. The number of piperazine rings is 1. The molecule has 0 bridgehead atoms. The van der Waals surface area contributed by atoms with Crippen LogP contribution in [-0.4, -0.2) is 65.5 Å². The number of benzene rings is 2. The number of rotatable bonds is 6. The molecule has 0 spiro atoms. The van der Waals surface area contributed by atoms with Gasteiger partial charge in [0.25, 0.3) is 0 Å². The summed E-state index contributed by atoms with van der Waals surface area (Å²) in [5, 5.41) is 12.8. The van der Waals surface area contributed by atoms with Gasteiger partial charge in [0, 0.05) is 31.7 Å². The van der Waals surface area contributed by atoms with Crippen molar-refractivity contribution in [2.45, 2.75) is 32.4 Å². The molecule has 0 amide bonds. The second-order valence-electron chi connectivity index (χ2n) is 9.10. The maximum absolute atomic E-state index is 14.4. The molecule has 0 radical (unpaired) electrons. The van der Waals surface area contributed by atoms with E-state index in [2.05, 4.69) is 46.1 Å². The molecule has 3 aromatic rings. The van der Waals surface area contributed by atoms with Gasteiger partial charge in [-0.3, -0.25) is 4.90 Å². The molecule has 33 heavy (non-hydrogen) atoms. The molecule has 0 unspecified atom stereocenters. The summed E-state index contributed by atoms with van der Waals surface area (Å²) < 4.78 is 27.5. The molecule has 8 nitrogen and oxygen atoms in total. The lowest BCUT2D eigenvalue weighted by Crippen LogP contribution is -2.49. The fourth-order valence-electron chi connectivity index (χ4n) is 4.32. The third kappa shape index (κ3) is 4.64. The molecule has 2 aromatic carbocycles. The van der Waals surface area contributed by atoms with Crippen molar-refractivity contribution in [2.75, 3.05) is 45.3 Å². The minimum absolute atomic E-state index is 0.200. The Morgan fingerprint density at radius 3 is 2.33 bits per heavy atom. The van der Waals surface area contributed by atoms with E-state index in [4.69, 9.17) is 9.47 Å². The number of nitrogens with zero attached hydrogens (tertiary/aromatic N) is 6. The molecule has 1 aromatic heterocycles. The number of para-hydroxylation sites is 1. The van der Waals surface area contributed by atoms with Gasteiger partial charge in [-0.2, -0.15) is 0 Å². The van der Waals surface area contributed by atoms with E-state index >= 15 is 0 Å². The Balaban J connectivity index is 1.73. The Morgan fingerprint density at radius 2 is 1.70 bits per heavy atom. The molecular formula is C24H31FN6O2. The van der Waals surface area contributed by atoms with Crippen molar-refractivity contribution in [1.82, 2.24) is 25.1 Å². The van der Waals surface area contributed by atoms with Crippen molar-refractivity contribution < 1.29 is 13.9 Å². The Hall–Kier alpha value is -3.20. The maximum Gasteiger partial charge on any atom is 0.173 e. The van der Waals surface area contributed by atoms with E-state index in [1.54, 1.807) is 20.3 Å². The second-order valence-corrected chi connectivity index (χ2v) is 9.10. The summed E-state index contributed by atoms with van der Waals surface area (Å²) in [6.45, 7) is 8.99. The quantitative estimate of drug-likeness (QED) is 0.565. The van der Waals surface area contributed by atoms with E-state index in [9.17, 15) is 4.39 Å². The number of ether oxygens (including phenoxy) is 2. The van der Waals surface area contributed by atoms with Gasteiger partial charge in [-0.1, -0.05) is 12.1 Å². The zero-order chi connectivity index (χ0) is 23.6. The molecule has 0 N–H and O–H groups in total. The number of hydrogen-bond acceptors (Lipinski definition) is 7. The summed E-state index contributed by atoms with van der Waals surface area (Å²) in [4.78, 5) is 4.40. The molecule has 0 saturated carbocycles. The summed E-state index contributed by atoms with van der Waals surface area (Å²) in [6.07, 6.45) is 0. The van der Waals surface area contributed by atoms with Crippen LogP contribution in [0, 0.1) is 5.82 Å². The van der Waals surface area contributed by atoms with Crippen LogP contribution < -0.4 is 14.4 Å². The van der Waals surface area contributed by atoms with Crippen LogP contribution in [0.25, 0.3) is 0 Å². The monoisotopic (exact) mass is 454 g/mol. The third-order valence-corrected chi connectivity index (χ3v) is 5.98. The average molecular weight is 455 g/mol. The molecule has 2 heterocycles. The topological polar surface area (TPSA) is 68.5 Å². The summed E-state index contributed by atoms with van der Waals surface area (Å²) in [7, 11) is 3.30. The Bertz CT molecular complexity index is 1090. The molecule has 9 heteroatoms. The molecular weight excluding hydrogens is 423 g/mol. The van der Waals surface area contributed by atoms with Crippen LogP contribution in [0.4, 0.5) is 10.1 Å². The molecule has 1 saturated heterocycles. The van der Waals surface area contributed by atoms with Gasteiger partial charge in [0.05, 0.1) is 25.4 Å². The zero-order valence-corrected chi connectivity index (χ0v) is 19.8. The molecule has 1 fully saturated rings. The highest BCUT2D eigenvalue weighted by atomic mass is 19.1. The normalized spacial score (nSPS) is 16.0. The van der Waals surface area contributed by atoms with E-state index in [1.165, 1.54) is 6.07 Å².